The molecule has 0 saturated carbocycles. The number of hydrogen-bond acceptors (Lipinski definition) is 6. The first kappa shape index (κ1) is 12.4. The van der Waals surface area contributed by atoms with Gasteiger partial charge in [-0.1, -0.05) is 11.2 Å². The molecule has 0 amide bonds. The lowest BCUT2D eigenvalue weighted by Crippen LogP contribution is -2.02. The number of aryl methyl sites for hydroxylation is 1. The van der Waals surface area contributed by atoms with Crippen LogP contribution in [0.15, 0.2) is 35.0 Å². The van der Waals surface area contributed by atoms with Crippen molar-refractivity contribution in [2.45, 2.75) is 13.5 Å². The summed E-state index contributed by atoms with van der Waals surface area (Å²) in [5, 5.41) is 9.03. The fourth-order valence-corrected chi connectivity index (χ4v) is 1.99. The van der Waals surface area contributed by atoms with Gasteiger partial charge in [-0.25, -0.2) is 4.98 Å². The number of rotatable bonds is 4. The summed E-state index contributed by atoms with van der Waals surface area (Å²) in [7, 11) is 1.64. The van der Waals surface area contributed by atoms with Crippen molar-refractivity contribution in [1.29, 1.82) is 0 Å². The predicted octanol–water partition coefficient (Wildman–Crippen LogP) is 2.55. The topological polar surface area (TPSA) is 73.1 Å². The fraction of sp³-hybridized carbons (Fsp3) is 0.214. The van der Waals surface area contributed by atoms with Gasteiger partial charge in [0.05, 0.1) is 13.7 Å². The Hall–Kier alpha value is -2.63. The van der Waals surface area contributed by atoms with Crippen molar-refractivity contribution in [3.63, 3.8) is 0 Å². The molecule has 102 valence electrons. The molecule has 3 rings (SSSR count). The molecule has 0 aliphatic heterocycles. The Kier molecular flexibility index (Phi) is 3.20. The average Bonchev–Trinajstić information content (AvgIpc) is 2.90. The molecule has 0 spiro atoms. The molecule has 0 aliphatic rings. The quantitative estimate of drug-likeness (QED) is 0.785. The van der Waals surface area contributed by atoms with Crippen LogP contribution in [0.1, 0.15) is 11.7 Å². The number of nitrogens with one attached hydrogen (secondary N) is 1. The Morgan fingerprint density at radius 2 is 2.20 bits per heavy atom. The lowest BCUT2D eigenvalue weighted by Gasteiger charge is -2.08. The Bertz CT molecular complexity index is 739. The third-order valence-electron chi connectivity index (χ3n) is 2.95. The van der Waals surface area contributed by atoms with Gasteiger partial charge < -0.3 is 14.6 Å². The number of fused-ring (bicyclic) bond motifs is 1. The zero-order valence-corrected chi connectivity index (χ0v) is 11.3. The standard InChI is InChI=1S/C14H14N4O2/c1-9-17-13(20-18-9)8-16-14-12-7-11(19-2)4-3-10(12)5-6-15-14/h3-7H,8H2,1-2H3,(H,15,16). The smallest absolute Gasteiger partial charge is 0.245 e. The van der Waals surface area contributed by atoms with E-state index in [-0.39, 0.29) is 0 Å². The number of ether oxygens (including phenoxy) is 1. The summed E-state index contributed by atoms with van der Waals surface area (Å²) >= 11 is 0. The maximum atomic E-state index is 5.25. The summed E-state index contributed by atoms with van der Waals surface area (Å²) in [6.07, 6.45) is 1.76. The van der Waals surface area contributed by atoms with E-state index in [1.807, 2.05) is 24.3 Å². The van der Waals surface area contributed by atoms with E-state index >= 15 is 0 Å². The molecule has 0 atom stereocenters. The summed E-state index contributed by atoms with van der Waals surface area (Å²) in [4.78, 5) is 8.49. The minimum Gasteiger partial charge on any atom is -0.497 e. The second-order valence-corrected chi connectivity index (χ2v) is 4.34. The van der Waals surface area contributed by atoms with Crippen LogP contribution in [0.4, 0.5) is 5.82 Å². The van der Waals surface area contributed by atoms with Crippen LogP contribution in [0.2, 0.25) is 0 Å². The van der Waals surface area contributed by atoms with E-state index < -0.39 is 0 Å². The highest BCUT2D eigenvalue weighted by Gasteiger charge is 2.06. The molecule has 0 bridgehead atoms. The van der Waals surface area contributed by atoms with E-state index in [0.717, 1.165) is 22.3 Å². The molecule has 2 aromatic heterocycles. The number of benzene rings is 1. The van der Waals surface area contributed by atoms with Gasteiger partial charge in [0.2, 0.25) is 5.89 Å². The SMILES string of the molecule is COc1ccc2ccnc(NCc3nc(C)no3)c2c1. The van der Waals surface area contributed by atoms with Crippen molar-refractivity contribution >= 4 is 16.6 Å². The molecule has 1 N–H and O–H groups in total. The zero-order chi connectivity index (χ0) is 13.9. The number of pyridine rings is 1. The van der Waals surface area contributed by atoms with Crippen LogP contribution in [0.25, 0.3) is 10.8 Å². The van der Waals surface area contributed by atoms with Crippen molar-refractivity contribution in [1.82, 2.24) is 15.1 Å². The van der Waals surface area contributed by atoms with Crippen LogP contribution in [-0.4, -0.2) is 22.2 Å². The first-order valence-electron chi connectivity index (χ1n) is 6.22. The van der Waals surface area contributed by atoms with Crippen LogP contribution < -0.4 is 10.1 Å². The van der Waals surface area contributed by atoms with Crippen LogP contribution in [0, 0.1) is 6.92 Å². The van der Waals surface area contributed by atoms with Gasteiger partial charge in [-0.05, 0) is 30.5 Å². The third kappa shape index (κ3) is 2.40. The first-order chi connectivity index (χ1) is 9.76. The maximum Gasteiger partial charge on any atom is 0.245 e. The number of nitrogens with zero attached hydrogens (tertiary/aromatic N) is 3. The van der Waals surface area contributed by atoms with Gasteiger partial charge in [-0.3, -0.25) is 0 Å². The minimum atomic E-state index is 0.435. The average molecular weight is 270 g/mol. The fourth-order valence-electron chi connectivity index (χ4n) is 1.99. The molecule has 6 heteroatoms. The second-order valence-electron chi connectivity index (χ2n) is 4.34. The van der Waals surface area contributed by atoms with Gasteiger partial charge >= 0.3 is 0 Å². The van der Waals surface area contributed by atoms with Gasteiger partial charge in [0.25, 0.3) is 0 Å². The number of aromatic nitrogens is 3. The Balaban J connectivity index is 1.90. The number of methoxy groups -OCH3 is 1. The normalized spacial score (nSPS) is 10.7. The summed E-state index contributed by atoms with van der Waals surface area (Å²) in [6, 6.07) is 7.83. The van der Waals surface area contributed by atoms with Crippen molar-refractivity contribution in [3.8, 4) is 5.75 Å². The third-order valence-corrected chi connectivity index (χ3v) is 2.95. The summed E-state index contributed by atoms with van der Waals surface area (Å²) in [5.41, 5.74) is 0. The van der Waals surface area contributed by atoms with Crippen molar-refractivity contribution in [2.75, 3.05) is 12.4 Å². The highest BCUT2D eigenvalue weighted by atomic mass is 16.5. The van der Waals surface area contributed by atoms with Crippen LogP contribution >= 0.6 is 0 Å². The van der Waals surface area contributed by atoms with E-state index in [0.29, 0.717) is 18.3 Å². The van der Waals surface area contributed by atoms with Gasteiger partial charge in [-0.15, -0.1) is 0 Å². The van der Waals surface area contributed by atoms with E-state index in [4.69, 9.17) is 9.26 Å². The first-order valence-corrected chi connectivity index (χ1v) is 6.22. The highest BCUT2D eigenvalue weighted by Crippen LogP contribution is 2.25. The van der Waals surface area contributed by atoms with Gasteiger partial charge in [0, 0.05) is 11.6 Å². The van der Waals surface area contributed by atoms with Crippen LogP contribution in [0.3, 0.4) is 0 Å². The molecular formula is C14H14N4O2. The molecule has 6 nitrogen and oxygen atoms in total. The molecule has 0 saturated heterocycles. The molecule has 0 unspecified atom stereocenters. The lowest BCUT2D eigenvalue weighted by molar-refractivity contribution is 0.379. The van der Waals surface area contributed by atoms with Crippen LogP contribution in [-0.2, 0) is 6.54 Å². The molecule has 20 heavy (non-hydrogen) atoms. The van der Waals surface area contributed by atoms with Gasteiger partial charge in [0.1, 0.15) is 11.6 Å². The summed E-state index contributed by atoms with van der Waals surface area (Å²) in [6.45, 7) is 2.22. The lowest BCUT2D eigenvalue weighted by atomic mass is 10.1. The molecule has 2 heterocycles. The van der Waals surface area contributed by atoms with Crippen LogP contribution in [0.5, 0.6) is 5.75 Å². The molecule has 3 aromatic rings. The minimum absolute atomic E-state index is 0.435. The predicted molar refractivity (Wildman–Crippen MR) is 74.7 cm³/mol. The van der Waals surface area contributed by atoms with E-state index in [1.165, 1.54) is 0 Å². The van der Waals surface area contributed by atoms with Gasteiger partial charge in [0.15, 0.2) is 5.82 Å². The summed E-state index contributed by atoms with van der Waals surface area (Å²) < 4.78 is 10.3. The Morgan fingerprint density at radius 1 is 1.30 bits per heavy atom. The summed E-state index contributed by atoms with van der Waals surface area (Å²) in [5.74, 6) is 2.71. The maximum absolute atomic E-state index is 5.25. The highest BCUT2D eigenvalue weighted by molar-refractivity contribution is 5.92. The number of anilines is 1. The van der Waals surface area contributed by atoms with E-state index in [1.54, 1.807) is 20.2 Å². The van der Waals surface area contributed by atoms with Crippen molar-refractivity contribution < 1.29 is 9.26 Å². The molecule has 0 radical (unpaired) electrons. The van der Waals surface area contributed by atoms with Gasteiger partial charge in [-0.2, -0.15) is 4.98 Å². The molecule has 0 fully saturated rings. The molecule has 1 aromatic carbocycles. The zero-order valence-electron chi connectivity index (χ0n) is 11.3. The second kappa shape index (κ2) is 5.16. The molecule has 0 aliphatic carbocycles. The van der Waals surface area contributed by atoms with E-state index in [9.17, 15) is 0 Å². The Labute approximate surface area is 115 Å². The van der Waals surface area contributed by atoms with E-state index in [2.05, 4.69) is 20.4 Å². The monoisotopic (exact) mass is 270 g/mol. The Morgan fingerprint density at radius 3 is 2.95 bits per heavy atom. The largest absolute Gasteiger partial charge is 0.497 e. The van der Waals surface area contributed by atoms with Crippen molar-refractivity contribution in [3.05, 3.63) is 42.2 Å². The number of hydrogen-bond donors (Lipinski definition) is 1. The molecular weight excluding hydrogens is 256 g/mol. The van der Waals surface area contributed by atoms with Crippen molar-refractivity contribution in [2.24, 2.45) is 0 Å².